The van der Waals surface area contributed by atoms with Gasteiger partial charge in [0.1, 0.15) is 0 Å². The minimum atomic E-state index is 0.514. The summed E-state index contributed by atoms with van der Waals surface area (Å²) >= 11 is 0. The molecule has 0 saturated carbocycles. The molecule has 0 fully saturated rings. The van der Waals surface area contributed by atoms with E-state index in [4.69, 9.17) is 0 Å². The first-order valence-corrected chi connectivity index (χ1v) is 5.47. The fourth-order valence-electron chi connectivity index (χ4n) is 1.51. The van der Waals surface area contributed by atoms with Crippen molar-refractivity contribution in [2.75, 3.05) is 0 Å². The van der Waals surface area contributed by atoms with E-state index in [1.165, 1.54) is 11.3 Å². The Balaban J connectivity index is 2.94. The first-order valence-electron chi connectivity index (χ1n) is 5.47. The minimum absolute atomic E-state index is 0.514. The van der Waals surface area contributed by atoms with Gasteiger partial charge in [-0.25, -0.2) is 0 Å². The van der Waals surface area contributed by atoms with Crippen LogP contribution in [0.4, 0.5) is 0 Å². The van der Waals surface area contributed by atoms with Crippen LogP contribution in [0.2, 0.25) is 0 Å². The number of hydrogen-bond acceptors (Lipinski definition) is 1. The van der Waals surface area contributed by atoms with Crippen molar-refractivity contribution in [2.24, 2.45) is 10.9 Å². The Morgan fingerprint density at radius 2 is 2.20 bits per heavy atom. The molecule has 0 saturated heterocycles. The molecule has 0 radical (unpaired) electrons. The quantitative estimate of drug-likeness (QED) is 0.611. The van der Waals surface area contributed by atoms with Crippen LogP contribution < -0.4 is 0 Å². The average Bonchev–Trinajstić information content (AvgIpc) is 2.47. The Morgan fingerprint density at radius 1 is 1.40 bits per heavy atom. The van der Waals surface area contributed by atoms with E-state index in [2.05, 4.69) is 37.1 Å². The first-order chi connectivity index (χ1) is 7.25. The van der Waals surface area contributed by atoms with Crippen molar-refractivity contribution >= 4 is 5.71 Å². The molecule has 0 aromatic carbocycles. The van der Waals surface area contributed by atoms with Gasteiger partial charge in [0.15, 0.2) is 0 Å². The van der Waals surface area contributed by atoms with Crippen LogP contribution in [0.1, 0.15) is 27.2 Å². The Morgan fingerprint density at radius 3 is 2.87 bits per heavy atom. The molecule has 0 unspecified atom stereocenters. The van der Waals surface area contributed by atoms with Gasteiger partial charge in [-0.1, -0.05) is 44.2 Å². The summed E-state index contributed by atoms with van der Waals surface area (Å²) in [6.45, 7) is 6.44. The van der Waals surface area contributed by atoms with Gasteiger partial charge in [-0.15, -0.1) is 0 Å². The molecular weight excluding hydrogens is 182 g/mol. The highest BCUT2D eigenvalue weighted by molar-refractivity contribution is 6.02. The molecule has 1 aliphatic heterocycles. The summed E-state index contributed by atoms with van der Waals surface area (Å²) in [5, 5.41) is 0. The van der Waals surface area contributed by atoms with Gasteiger partial charge in [0.2, 0.25) is 0 Å². The summed E-state index contributed by atoms with van der Waals surface area (Å²) < 4.78 is 0. The Labute approximate surface area is 92.6 Å². The molecular formula is C14H19N. The largest absolute Gasteiger partial charge is 0.261 e. The molecule has 0 amide bonds. The summed E-state index contributed by atoms with van der Waals surface area (Å²) in [6.07, 6.45) is 15.2. The maximum absolute atomic E-state index is 4.47. The zero-order chi connectivity index (χ0) is 11.1. The summed E-state index contributed by atoms with van der Waals surface area (Å²) in [6, 6.07) is 0. The predicted octanol–water partition coefficient (Wildman–Crippen LogP) is 4.06. The number of hydrogen-bond donors (Lipinski definition) is 0. The van der Waals surface area contributed by atoms with Crippen LogP contribution in [0.3, 0.4) is 0 Å². The van der Waals surface area contributed by atoms with E-state index in [9.17, 15) is 0 Å². The molecule has 1 rings (SSSR count). The SMILES string of the molecule is C/C=C\C=C(/C1=NC=CC=CC1)C(C)C. The second-order valence-corrected chi connectivity index (χ2v) is 3.85. The van der Waals surface area contributed by atoms with E-state index >= 15 is 0 Å². The summed E-state index contributed by atoms with van der Waals surface area (Å²) in [7, 11) is 0. The molecule has 15 heavy (non-hydrogen) atoms. The number of allylic oxidation sites excluding steroid dienone is 7. The standard InChI is InChI=1S/C14H19N/c1-4-5-9-13(12(2)3)14-10-7-6-8-11-15-14/h4-9,11-12H,10H2,1-3H3/b5-4-,13-9-. The van der Waals surface area contributed by atoms with E-state index in [-0.39, 0.29) is 0 Å². The summed E-state index contributed by atoms with van der Waals surface area (Å²) in [5.41, 5.74) is 2.50. The molecule has 0 aromatic rings. The van der Waals surface area contributed by atoms with Gasteiger partial charge in [-0.3, -0.25) is 4.99 Å². The van der Waals surface area contributed by atoms with Gasteiger partial charge < -0.3 is 0 Å². The fourth-order valence-corrected chi connectivity index (χ4v) is 1.51. The number of rotatable bonds is 3. The molecule has 1 nitrogen and oxygen atoms in total. The second-order valence-electron chi connectivity index (χ2n) is 3.85. The van der Waals surface area contributed by atoms with Gasteiger partial charge in [0, 0.05) is 18.3 Å². The monoisotopic (exact) mass is 201 g/mol. The van der Waals surface area contributed by atoms with Crippen molar-refractivity contribution in [3.8, 4) is 0 Å². The summed E-state index contributed by atoms with van der Waals surface area (Å²) in [5.74, 6) is 0.514. The second kappa shape index (κ2) is 6.18. The van der Waals surface area contributed by atoms with Crippen molar-refractivity contribution < 1.29 is 0 Å². The highest BCUT2D eigenvalue weighted by Crippen LogP contribution is 2.16. The van der Waals surface area contributed by atoms with E-state index < -0.39 is 0 Å². The highest BCUT2D eigenvalue weighted by Gasteiger charge is 2.09. The van der Waals surface area contributed by atoms with Gasteiger partial charge in [0.25, 0.3) is 0 Å². The van der Waals surface area contributed by atoms with E-state index in [0.29, 0.717) is 5.92 Å². The fraction of sp³-hybridized carbons (Fsp3) is 0.357. The van der Waals surface area contributed by atoms with Gasteiger partial charge in [-0.2, -0.15) is 0 Å². The molecule has 0 aliphatic carbocycles. The van der Waals surface area contributed by atoms with Gasteiger partial charge >= 0.3 is 0 Å². The number of nitrogens with zero attached hydrogens (tertiary/aromatic N) is 1. The molecule has 0 atom stereocenters. The maximum Gasteiger partial charge on any atom is 0.0475 e. The van der Waals surface area contributed by atoms with Crippen LogP contribution in [0.25, 0.3) is 0 Å². The van der Waals surface area contributed by atoms with E-state index in [1.807, 2.05) is 31.4 Å². The molecule has 0 spiro atoms. The van der Waals surface area contributed by atoms with Crippen molar-refractivity contribution in [1.29, 1.82) is 0 Å². The lowest BCUT2D eigenvalue weighted by Gasteiger charge is -2.11. The third-order valence-corrected chi connectivity index (χ3v) is 2.30. The molecule has 1 heteroatoms. The van der Waals surface area contributed by atoms with Crippen LogP contribution in [0.5, 0.6) is 0 Å². The van der Waals surface area contributed by atoms with Crippen LogP contribution in [0, 0.1) is 5.92 Å². The van der Waals surface area contributed by atoms with Crippen LogP contribution in [-0.4, -0.2) is 5.71 Å². The van der Waals surface area contributed by atoms with Crippen molar-refractivity contribution in [3.63, 3.8) is 0 Å². The van der Waals surface area contributed by atoms with E-state index in [0.717, 1.165) is 6.42 Å². The Bertz CT molecular complexity index is 338. The van der Waals surface area contributed by atoms with Crippen molar-refractivity contribution in [1.82, 2.24) is 0 Å². The van der Waals surface area contributed by atoms with Crippen LogP contribution >= 0.6 is 0 Å². The molecule has 0 bridgehead atoms. The first kappa shape index (κ1) is 11.7. The van der Waals surface area contributed by atoms with Crippen LogP contribution in [0.15, 0.2) is 53.2 Å². The average molecular weight is 201 g/mol. The molecule has 0 N–H and O–H groups in total. The van der Waals surface area contributed by atoms with Crippen molar-refractivity contribution in [2.45, 2.75) is 27.2 Å². The van der Waals surface area contributed by atoms with Gasteiger partial charge in [0.05, 0.1) is 0 Å². The third-order valence-electron chi connectivity index (χ3n) is 2.30. The Kier molecular flexibility index (Phi) is 4.82. The molecule has 1 aliphatic rings. The molecule has 0 aromatic heterocycles. The molecule has 80 valence electrons. The maximum atomic E-state index is 4.47. The molecule has 1 heterocycles. The summed E-state index contributed by atoms with van der Waals surface area (Å²) in [4.78, 5) is 4.47. The number of aliphatic imine (C=N–C) groups is 1. The highest BCUT2D eigenvalue weighted by atomic mass is 14.7. The van der Waals surface area contributed by atoms with E-state index in [1.54, 1.807) is 0 Å². The lowest BCUT2D eigenvalue weighted by molar-refractivity contribution is 0.800. The minimum Gasteiger partial charge on any atom is -0.261 e. The zero-order valence-electron chi connectivity index (χ0n) is 9.77. The van der Waals surface area contributed by atoms with Crippen molar-refractivity contribution in [3.05, 3.63) is 48.2 Å². The topological polar surface area (TPSA) is 12.4 Å². The predicted molar refractivity (Wildman–Crippen MR) is 68.1 cm³/mol. The smallest absolute Gasteiger partial charge is 0.0475 e. The normalized spacial score (nSPS) is 17.3. The Hall–Kier alpha value is -1.37. The van der Waals surface area contributed by atoms with Crippen LogP contribution in [-0.2, 0) is 0 Å². The third kappa shape index (κ3) is 3.70. The van der Waals surface area contributed by atoms with Gasteiger partial charge in [-0.05, 0) is 24.5 Å². The lowest BCUT2D eigenvalue weighted by Crippen LogP contribution is -2.07. The zero-order valence-corrected chi connectivity index (χ0v) is 9.77. The lowest BCUT2D eigenvalue weighted by atomic mass is 9.95.